The van der Waals surface area contributed by atoms with E-state index in [9.17, 15) is 0 Å². The Kier molecular flexibility index (Phi) is 8.45. The molecule has 4 aromatic heterocycles. The Balaban J connectivity index is 0.811. The Labute approximate surface area is 404 Å². The van der Waals surface area contributed by atoms with Gasteiger partial charge in [0.15, 0.2) is 0 Å². The van der Waals surface area contributed by atoms with Gasteiger partial charge in [0.25, 0.3) is 0 Å². The maximum atomic E-state index is 2.48. The first kappa shape index (κ1) is 38.9. The standard InChI is InChI=1S/C66H44N4/c1-7-28-59-51(22-1)52-23-2-8-29-60(52)67(59)47-18-13-16-43(38-47)45-34-36-65-57(40-45)55-26-5-11-32-63(55)69(65)49-20-15-21-50(42-49)70-64-33-12-6-27-56(64)58-41-46(35-37-66(58)70)44-17-14-19-48(39-44)68-61-30-9-3-24-53(61)54-25-4-10-31-62(54)68/h1-40,42,46H,41H2. The highest BCUT2D eigenvalue weighted by Crippen LogP contribution is 2.42. The van der Waals surface area contributed by atoms with Crippen LogP contribution in [0.3, 0.4) is 0 Å². The highest BCUT2D eigenvalue weighted by Gasteiger charge is 2.25. The van der Waals surface area contributed by atoms with Crippen LogP contribution < -0.4 is 0 Å². The van der Waals surface area contributed by atoms with Crippen LogP contribution in [0, 0.1) is 0 Å². The summed E-state index contributed by atoms with van der Waals surface area (Å²) < 4.78 is 9.75. The second-order valence-electron chi connectivity index (χ2n) is 18.9. The summed E-state index contributed by atoms with van der Waals surface area (Å²) in [5.41, 5.74) is 19.5. The molecule has 10 aromatic carbocycles. The molecule has 0 spiro atoms. The van der Waals surface area contributed by atoms with E-state index in [2.05, 4.69) is 267 Å². The van der Waals surface area contributed by atoms with E-state index < -0.39 is 0 Å². The highest BCUT2D eigenvalue weighted by molar-refractivity contribution is 6.12. The van der Waals surface area contributed by atoms with Crippen molar-refractivity contribution < 1.29 is 0 Å². The minimum atomic E-state index is 0.241. The number of allylic oxidation sites excluding steroid dienone is 1. The number of nitrogens with zero attached hydrogens (tertiary/aromatic N) is 4. The molecule has 14 aromatic rings. The van der Waals surface area contributed by atoms with Crippen LogP contribution in [0.1, 0.15) is 22.7 Å². The molecule has 1 atom stereocenters. The zero-order valence-electron chi connectivity index (χ0n) is 38.2. The number of hydrogen-bond acceptors (Lipinski definition) is 0. The average Bonchev–Trinajstić information content (AvgIpc) is 4.16. The minimum absolute atomic E-state index is 0.241. The van der Waals surface area contributed by atoms with Gasteiger partial charge >= 0.3 is 0 Å². The van der Waals surface area contributed by atoms with Crippen molar-refractivity contribution in [3.8, 4) is 33.9 Å². The topological polar surface area (TPSA) is 19.7 Å². The maximum absolute atomic E-state index is 2.48. The molecule has 1 aliphatic carbocycles. The number of benzene rings is 10. The fourth-order valence-electron chi connectivity index (χ4n) is 12.0. The summed E-state index contributed by atoms with van der Waals surface area (Å²) >= 11 is 0. The van der Waals surface area contributed by atoms with Crippen molar-refractivity contribution in [2.75, 3.05) is 0 Å². The molecule has 0 saturated heterocycles. The Morgan fingerprint density at radius 3 is 1.24 bits per heavy atom. The Morgan fingerprint density at radius 2 is 0.686 bits per heavy atom. The molecule has 70 heavy (non-hydrogen) atoms. The Hall–Kier alpha value is -9.12. The molecule has 4 heterocycles. The predicted octanol–water partition coefficient (Wildman–Crippen LogP) is 16.9. The van der Waals surface area contributed by atoms with Gasteiger partial charge in [-0.3, -0.25) is 0 Å². The van der Waals surface area contributed by atoms with Crippen molar-refractivity contribution in [2.45, 2.75) is 12.3 Å². The zero-order chi connectivity index (χ0) is 45.9. The van der Waals surface area contributed by atoms with Gasteiger partial charge in [-0.1, -0.05) is 152 Å². The average molecular weight is 893 g/mol. The molecule has 4 nitrogen and oxygen atoms in total. The van der Waals surface area contributed by atoms with Crippen LogP contribution in [-0.2, 0) is 6.42 Å². The predicted molar refractivity (Wildman–Crippen MR) is 294 cm³/mol. The molecule has 0 amide bonds. The fourth-order valence-corrected chi connectivity index (χ4v) is 12.0. The van der Waals surface area contributed by atoms with Gasteiger partial charge in [0.2, 0.25) is 0 Å². The first-order chi connectivity index (χ1) is 34.7. The summed E-state index contributed by atoms with van der Waals surface area (Å²) in [6.45, 7) is 0. The summed E-state index contributed by atoms with van der Waals surface area (Å²) in [4.78, 5) is 0. The molecule has 1 aliphatic rings. The quantitative estimate of drug-likeness (QED) is 0.158. The van der Waals surface area contributed by atoms with Gasteiger partial charge in [-0.2, -0.15) is 0 Å². The lowest BCUT2D eigenvalue weighted by molar-refractivity contribution is 0.824. The first-order valence-electron chi connectivity index (χ1n) is 24.4. The molecular formula is C66H44N4. The SMILES string of the molecule is C1=CC(c2cccc(-n3c4ccccc4c4ccccc43)c2)Cc2c1n(-c1cccc(-n3c4ccccc4c4cc(-c5cccc(-n6c7ccccc7c7ccccc76)c5)ccc43)c1)c1ccccc21. The Morgan fingerprint density at radius 1 is 0.286 bits per heavy atom. The summed E-state index contributed by atoms with van der Waals surface area (Å²) in [6.07, 6.45) is 5.73. The van der Waals surface area contributed by atoms with Crippen molar-refractivity contribution in [3.05, 3.63) is 259 Å². The molecule has 1 unspecified atom stereocenters. The molecule has 0 saturated carbocycles. The molecule has 15 rings (SSSR count). The maximum Gasteiger partial charge on any atom is 0.0541 e. The largest absolute Gasteiger partial charge is 0.310 e. The van der Waals surface area contributed by atoms with Gasteiger partial charge in [0.05, 0.1) is 38.6 Å². The van der Waals surface area contributed by atoms with E-state index >= 15 is 0 Å². The van der Waals surface area contributed by atoms with Crippen LogP contribution in [0.4, 0.5) is 0 Å². The summed E-state index contributed by atoms with van der Waals surface area (Å²) in [6, 6.07) is 87.1. The van der Waals surface area contributed by atoms with E-state index in [0.29, 0.717) is 0 Å². The van der Waals surface area contributed by atoms with E-state index in [1.807, 2.05) is 0 Å². The van der Waals surface area contributed by atoms with Gasteiger partial charge in [-0.05, 0) is 126 Å². The molecule has 0 bridgehead atoms. The third kappa shape index (κ3) is 5.77. The number of hydrogen-bond donors (Lipinski definition) is 0. The molecule has 0 N–H and O–H groups in total. The highest BCUT2D eigenvalue weighted by atomic mass is 15.0. The summed E-state index contributed by atoms with van der Waals surface area (Å²) in [7, 11) is 0. The minimum Gasteiger partial charge on any atom is -0.310 e. The van der Waals surface area contributed by atoms with E-state index in [0.717, 1.165) is 23.5 Å². The van der Waals surface area contributed by atoms with Gasteiger partial charge in [-0.25, -0.2) is 0 Å². The molecule has 4 heteroatoms. The summed E-state index contributed by atoms with van der Waals surface area (Å²) in [5, 5.41) is 8.88. The van der Waals surface area contributed by atoms with Gasteiger partial charge in [0, 0.05) is 72.1 Å². The van der Waals surface area contributed by atoms with Crippen molar-refractivity contribution in [1.82, 2.24) is 18.3 Å². The lowest BCUT2D eigenvalue weighted by Gasteiger charge is -2.21. The number of para-hydroxylation sites is 6. The Bertz CT molecular complexity index is 4360. The number of aromatic nitrogens is 4. The molecule has 0 fully saturated rings. The lowest BCUT2D eigenvalue weighted by atomic mass is 9.86. The van der Waals surface area contributed by atoms with Gasteiger partial charge in [0.1, 0.15) is 0 Å². The van der Waals surface area contributed by atoms with Crippen LogP contribution in [0.15, 0.2) is 243 Å². The van der Waals surface area contributed by atoms with E-state index in [1.165, 1.54) is 110 Å². The molecular weight excluding hydrogens is 849 g/mol. The fraction of sp³-hybridized carbons (Fsp3) is 0.0303. The van der Waals surface area contributed by atoms with Crippen molar-refractivity contribution in [2.24, 2.45) is 0 Å². The first-order valence-corrected chi connectivity index (χ1v) is 24.4. The van der Waals surface area contributed by atoms with Crippen LogP contribution in [0.5, 0.6) is 0 Å². The lowest BCUT2D eigenvalue weighted by Crippen LogP contribution is -2.08. The third-order valence-corrected chi connectivity index (χ3v) is 15.1. The molecule has 328 valence electrons. The van der Waals surface area contributed by atoms with Crippen LogP contribution >= 0.6 is 0 Å². The monoisotopic (exact) mass is 892 g/mol. The second kappa shape index (κ2) is 15.2. The van der Waals surface area contributed by atoms with Gasteiger partial charge < -0.3 is 18.3 Å². The number of fused-ring (bicyclic) bond motifs is 12. The number of rotatable bonds is 6. The van der Waals surface area contributed by atoms with E-state index in [-0.39, 0.29) is 5.92 Å². The van der Waals surface area contributed by atoms with E-state index in [4.69, 9.17) is 0 Å². The van der Waals surface area contributed by atoms with Crippen LogP contribution in [0.2, 0.25) is 0 Å². The van der Waals surface area contributed by atoms with Crippen molar-refractivity contribution in [1.29, 1.82) is 0 Å². The van der Waals surface area contributed by atoms with E-state index in [1.54, 1.807) is 0 Å². The second-order valence-corrected chi connectivity index (χ2v) is 18.9. The van der Waals surface area contributed by atoms with Crippen LogP contribution in [0.25, 0.3) is 116 Å². The normalized spacial score (nSPS) is 13.7. The zero-order valence-corrected chi connectivity index (χ0v) is 38.2. The van der Waals surface area contributed by atoms with Crippen molar-refractivity contribution in [3.63, 3.8) is 0 Å². The third-order valence-electron chi connectivity index (χ3n) is 15.1. The van der Waals surface area contributed by atoms with Crippen LogP contribution in [-0.4, -0.2) is 18.3 Å². The van der Waals surface area contributed by atoms with Gasteiger partial charge in [-0.15, -0.1) is 0 Å². The smallest absolute Gasteiger partial charge is 0.0541 e. The molecule has 0 radical (unpaired) electrons. The van der Waals surface area contributed by atoms with Crippen molar-refractivity contribution >= 4 is 82.4 Å². The summed E-state index contributed by atoms with van der Waals surface area (Å²) in [5.74, 6) is 0.241. The molecule has 0 aliphatic heterocycles.